The largest absolute Gasteiger partial charge is 0.494 e. The lowest BCUT2D eigenvalue weighted by Crippen LogP contribution is -2.24. The molecule has 0 aliphatic carbocycles. The van der Waals surface area contributed by atoms with Gasteiger partial charge in [-0.1, -0.05) is 18.7 Å². The van der Waals surface area contributed by atoms with Crippen molar-refractivity contribution in [1.29, 1.82) is 0 Å². The Kier molecular flexibility index (Phi) is 7.77. The van der Waals surface area contributed by atoms with Crippen LogP contribution in [0, 0.1) is 0 Å². The standard InChI is InChI=1S/C23H27NO4S/c1-3-22(25)28-15-7-13-24(2)12-6-14-27-17-10-11-21-19(16-17)23(26)18-8-4-5-9-20(18)29-21/h3-5,8-11,16,22,25H,1,6-7,12-15H2,2H3. The van der Waals surface area contributed by atoms with Crippen LogP contribution < -0.4 is 10.2 Å². The fourth-order valence-corrected chi connectivity index (χ4v) is 4.17. The van der Waals surface area contributed by atoms with Crippen LogP contribution in [0.4, 0.5) is 0 Å². The second kappa shape index (κ2) is 10.5. The Morgan fingerprint density at radius 2 is 1.83 bits per heavy atom. The smallest absolute Gasteiger partial charge is 0.196 e. The average molecular weight is 414 g/mol. The van der Waals surface area contributed by atoms with Crippen molar-refractivity contribution in [3.05, 3.63) is 65.3 Å². The molecule has 0 aliphatic heterocycles. The van der Waals surface area contributed by atoms with E-state index in [1.807, 2.05) is 42.5 Å². The van der Waals surface area contributed by atoms with E-state index in [4.69, 9.17) is 9.47 Å². The van der Waals surface area contributed by atoms with Crippen LogP contribution in [0.15, 0.2) is 59.9 Å². The summed E-state index contributed by atoms with van der Waals surface area (Å²) in [6, 6.07) is 13.5. The van der Waals surface area contributed by atoms with Crippen LogP contribution in [0.2, 0.25) is 0 Å². The molecule has 1 aromatic heterocycles. The first-order chi connectivity index (χ1) is 14.1. The number of rotatable bonds is 11. The van der Waals surface area contributed by atoms with Crippen LogP contribution in [-0.4, -0.2) is 49.6 Å². The Morgan fingerprint density at radius 1 is 1.10 bits per heavy atom. The monoisotopic (exact) mass is 413 g/mol. The minimum Gasteiger partial charge on any atom is -0.494 e. The molecule has 0 saturated heterocycles. The predicted molar refractivity (Wildman–Crippen MR) is 120 cm³/mol. The topological polar surface area (TPSA) is 59.0 Å². The average Bonchev–Trinajstić information content (AvgIpc) is 2.74. The van der Waals surface area contributed by atoms with Gasteiger partial charge in [0.15, 0.2) is 11.7 Å². The zero-order valence-corrected chi connectivity index (χ0v) is 17.5. The molecular weight excluding hydrogens is 386 g/mol. The molecule has 5 nitrogen and oxygen atoms in total. The van der Waals surface area contributed by atoms with E-state index < -0.39 is 6.29 Å². The second-order valence-electron chi connectivity index (χ2n) is 6.94. The second-order valence-corrected chi connectivity index (χ2v) is 8.02. The van der Waals surface area contributed by atoms with E-state index in [0.717, 1.165) is 46.5 Å². The lowest BCUT2D eigenvalue weighted by Gasteiger charge is -2.17. The number of hydrogen-bond donors (Lipinski definition) is 1. The van der Waals surface area contributed by atoms with Gasteiger partial charge >= 0.3 is 0 Å². The van der Waals surface area contributed by atoms with Crippen molar-refractivity contribution in [2.24, 2.45) is 0 Å². The zero-order chi connectivity index (χ0) is 20.6. The van der Waals surface area contributed by atoms with Gasteiger partial charge in [0.25, 0.3) is 0 Å². The van der Waals surface area contributed by atoms with E-state index in [9.17, 15) is 9.90 Å². The van der Waals surface area contributed by atoms with Gasteiger partial charge in [-0.25, -0.2) is 0 Å². The van der Waals surface area contributed by atoms with Crippen LogP contribution in [0.1, 0.15) is 12.8 Å². The highest BCUT2D eigenvalue weighted by molar-refractivity contribution is 7.24. The first-order valence-electron chi connectivity index (χ1n) is 9.77. The Balaban J connectivity index is 1.48. The van der Waals surface area contributed by atoms with Gasteiger partial charge < -0.3 is 19.5 Å². The van der Waals surface area contributed by atoms with E-state index in [1.54, 1.807) is 11.3 Å². The van der Waals surface area contributed by atoms with E-state index in [-0.39, 0.29) is 5.43 Å². The van der Waals surface area contributed by atoms with Crippen LogP contribution in [0.25, 0.3) is 20.2 Å². The minimum absolute atomic E-state index is 0.0586. The van der Waals surface area contributed by atoms with E-state index in [0.29, 0.717) is 18.6 Å². The Hall–Kier alpha value is -2.25. The molecule has 0 amide bonds. The Bertz CT molecular complexity index is 1020. The highest BCUT2D eigenvalue weighted by Crippen LogP contribution is 2.27. The van der Waals surface area contributed by atoms with Gasteiger partial charge in [-0.15, -0.1) is 11.3 Å². The third kappa shape index (κ3) is 5.87. The maximum atomic E-state index is 12.8. The molecule has 2 aromatic carbocycles. The van der Waals surface area contributed by atoms with Crippen molar-refractivity contribution in [3.63, 3.8) is 0 Å². The van der Waals surface area contributed by atoms with Gasteiger partial charge in [-0.3, -0.25) is 4.79 Å². The van der Waals surface area contributed by atoms with Gasteiger partial charge in [-0.05, 0) is 56.3 Å². The molecule has 154 valence electrons. The lowest BCUT2D eigenvalue weighted by molar-refractivity contribution is -0.0655. The molecule has 1 atom stereocenters. The molecule has 0 radical (unpaired) electrons. The molecule has 0 aliphatic rings. The van der Waals surface area contributed by atoms with Crippen molar-refractivity contribution in [1.82, 2.24) is 4.90 Å². The number of nitrogens with zero attached hydrogens (tertiary/aromatic N) is 1. The van der Waals surface area contributed by atoms with Crippen LogP contribution >= 0.6 is 11.3 Å². The van der Waals surface area contributed by atoms with Gasteiger partial charge in [0, 0.05) is 33.3 Å². The van der Waals surface area contributed by atoms with Gasteiger partial charge in [0.2, 0.25) is 0 Å². The number of aliphatic hydroxyl groups is 1. The SMILES string of the molecule is C=CC(O)OCCCN(C)CCCOc1ccc2sc3ccccc3c(=O)c2c1. The quantitative estimate of drug-likeness (QED) is 0.223. The Morgan fingerprint density at radius 3 is 2.62 bits per heavy atom. The molecule has 0 bridgehead atoms. The summed E-state index contributed by atoms with van der Waals surface area (Å²) in [5.74, 6) is 0.728. The molecule has 0 fully saturated rings. The Labute approximate surface area is 174 Å². The number of benzene rings is 2. The summed E-state index contributed by atoms with van der Waals surface area (Å²) in [7, 11) is 2.05. The molecule has 3 rings (SSSR count). The highest BCUT2D eigenvalue weighted by Gasteiger charge is 2.07. The summed E-state index contributed by atoms with van der Waals surface area (Å²) in [6.07, 6.45) is 2.21. The van der Waals surface area contributed by atoms with Crippen molar-refractivity contribution >= 4 is 31.5 Å². The number of hydrogen-bond acceptors (Lipinski definition) is 6. The predicted octanol–water partition coefficient (Wildman–Crippen LogP) is 4.03. The van der Waals surface area contributed by atoms with Crippen molar-refractivity contribution < 1.29 is 14.6 Å². The maximum absolute atomic E-state index is 12.8. The third-order valence-corrected chi connectivity index (χ3v) is 5.83. The number of ether oxygens (including phenoxy) is 2. The summed E-state index contributed by atoms with van der Waals surface area (Å²) in [5.41, 5.74) is 0.0586. The van der Waals surface area contributed by atoms with E-state index in [2.05, 4.69) is 18.5 Å². The molecule has 1 N–H and O–H groups in total. The summed E-state index contributed by atoms with van der Waals surface area (Å²) >= 11 is 1.63. The minimum atomic E-state index is -0.885. The first-order valence-corrected chi connectivity index (χ1v) is 10.6. The fraction of sp³-hybridized carbons (Fsp3) is 0.348. The van der Waals surface area contributed by atoms with Crippen LogP contribution in [0.3, 0.4) is 0 Å². The maximum Gasteiger partial charge on any atom is 0.196 e. The van der Waals surface area contributed by atoms with Crippen molar-refractivity contribution in [2.45, 2.75) is 19.1 Å². The molecule has 1 heterocycles. The highest BCUT2D eigenvalue weighted by atomic mass is 32.1. The first kappa shape index (κ1) is 21.5. The molecule has 0 spiro atoms. The molecular formula is C23H27NO4S. The van der Waals surface area contributed by atoms with Crippen LogP contribution in [0.5, 0.6) is 5.75 Å². The normalized spacial score (nSPS) is 12.5. The van der Waals surface area contributed by atoms with Crippen molar-refractivity contribution in [3.8, 4) is 5.75 Å². The number of aliphatic hydroxyl groups excluding tert-OH is 1. The van der Waals surface area contributed by atoms with Gasteiger partial charge in [-0.2, -0.15) is 0 Å². The summed E-state index contributed by atoms with van der Waals surface area (Å²) < 4.78 is 13.0. The van der Waals surface area contributed by atoms with Gasteiger partial charge in [0.1, 0.15) is 5.75 Å². The summed E-state index contributed by atoms with van der Waals surface area (Å²) in [4.78, 5) is 15.0. The lowest BCUT2D eigenvalue weighted by atomic mass is 10.2. The van der Waals surface area contributed by atoms with Gasteiger partial charge in [0.05, 0.1) is 13.2 Å². The third-order valence-electron chi connectivity index (χ3n) is 4.67. The molecule has 6 heteroatoms. The molecule has 0 saturated carbocycles. The van der Waals surface area contributed by atoms with Crippen LogP contribution in [-0.2, 0) is 4.74 Å². The zero-order valence-electron chi connectivity index (χ0n) is 16.7. The summed E-state index contributed by atoms with van der Waals surface area (Å²) in [5, 5.41) is 10.7. The summed E-state index contributed by atoms with van der Waals surface area (Å²) in [6.45, 7) is 6.34. The molecule has 1 unspecified atom stereocenters. The fourth-order valence-electron chi connectivity index (χ4n) is 3.11. The van der Waals surface area contributed by atoms with E-state index >= 15 is 0 Å². The number of fused-ring (bicyclic) bond motifs is 2. The molecule has 29 heavy (non-hydrogen) atoms. The van der Waals surface area contributed by atoms with E-state index in [1.165, 1.54) is 6.08 Å². The molecule has 3 aromatic rings. The van der Waals surface area contributed by atoms with Crippen molar-refractivity contribution in [2.75, 3.05) is 33.4 Å².